The molecular formula is C20H20BrN3O2S. The zero-order chi connectivity index (χ0) is 19.4. The third-order valence-corrected chi connectivity index (χ3v) is 4.97. The summed E-state index contributed by atoms with van der Waals surface area (Å²) in [5.41, 5.74) is 2.96. The van der Waals surface area contributed by atoms with Crippen molar-refractivity contribution in [1.82, 2.24) is 10.6 Å². The molecule has 1 amide bonds. The van der Waals surface area contributed by atoms with Crippen LogP contribution in [0.25, 0.3) is 0 Å². The lowest BCUT2D eigenvalue weighted by Crippen LogP contribution is -2.45. The van der Waals surface area contributed by atoms with Crippen LogP contribution in [0.1, 0.15) is 25.5 Å². The fourth-order valence-electron chi connectivity index (χ4n) is 2.93. The maximum absolute atomic E-state index is 13.0. The summed E-state index contributed by atoms with van der Waals surface area (Å²) in [6, 6.07) is 14.8. The summed E-state index contributed by atoms with van der Waals surface area (Å²) in [5.74, 6) is 0.574. The summed E-state index contributed by atoms with van der Waals surface area (Å²) < 4.78 is 6.41. The number of nitrogens with one attached hydrogen (secondary N) is 3. The lowest BCUT2D eigenvalue weighted by atomic mass is 9.95. The first-order valence-corrected chi connectivity index (χ1v) is 9.76. The zero-order valence-electron chi connectivity index (χ0n) is 15.0. The number of benzene rings is 2. The molecule has 1 aliphatic heterocycles. The van der Waals surface area contributed by atoms with Crippen LogP contribution in [-0.2, 0) is 4.79 Å². The largest absolute Gasteiger partial charge is 0.493 e. The predicted molar refractivity (Wildman–Crippen MR) is 115 cm³/mol. The Labute approximate surface area is 172 Å². The van der Waals surface area contributed by atoms with Crippen molar-refractivity contribution in [3.05, 3.63) is 69.8 Å². The van der Waals surface area contributed by atoms with Gasteiger partial charge in [-0.1, -0.05) is 24.3 Å². The Hall–Kier alpha value is -2.38. The lowest BCUT2D eigenvalue weighted by Gasteiger charge is -2.30. The molecule has 0 spiro atoms. The molecule has 1 atom stereocenters. The molecule has 27 heavy (non-hydrogen) atoms. The first-order valence-electron chi connectivity index (χ1n) is 8.56. The number of anilines is 1. The monoisotopic (exact) mass is 445 g/mol. The fraction of sp³-hybridized carbons (Fsp3) is 0.200. The van der Waals surface area contributed by atoms with Crippen molar-refractivity contribution < 1.29 is 9.53 Å². The summed E-state index contributed by atoms with van der Waals surface area (Å²) in [6.45, 7) is 4.37. The molecule has 0 radical (unpaired) electrons. The second kappa shape index (κ2) is 8.54. The molecule has 2 aromatic carbocycles. The molecule has 0 unspecified atom stereocenters. The molecule has 3 N–H and O–H groups in total. The highest BCUT2D eigenvalue weighted by molar-refractivity contribution is 9.10. The van der Waals surface area contributed by atoms with E-state index >= 15 is 0 Å². The summed E-state index contributed by atoms with van der Waals surface area (Å²) in [6.07, 6.45) is 0. The predicted octanol–water partition coefficient (Wildman–Crippen LogP) is 4.28. The van der Waals surface area contributed by atoms with E-state index in [9.17, 15) is 4.79 Å². The number of rotatable bonds is 5. The fourth-order valence-corrected chi connectivity index (χ4v) is 3.72. The van der Waals surface area contributed by atoms with Crippen LogP contribution in [0, 0.1) is 0 Å². The van der Waals surface area contributed by atoms with Crippen molar-refractivity contribution in [2.45, 2.75) is 19.9 Å². The number of halogens is 1. The van der Waals surface area contributed by atoms with Gasteiger partial charge in [-0.05, 0) is 71.8 Å². The summed E-state index contributed by atoms with van der Waals surface area (Å²) in [7, 11) is 0. The van der Waals surface area contributed by atoms with Gasteiger partial charge >= 0.3 is 0 Å². The van der Waals surface area contributed by atoms with E-state index in [1.807, 2.05) is 62.4 Å². The number of para-hydroxylation sites is 1. The van der Waals surface area contributed by atoms with Crippen molar-refractivity contribution in [1.29, 1.82) is 0 Å². The molecule has 0 aliphatic carbocycles. The van der Waals surface area contributed by atoms with Crippen molar-refractivity contribution >= 4 is 44.9 Å². The van der Waals surface area contributed by atoms with Crippen molar-refractivity contribution in [2.75, 3.05) is 11.9 Å². The standard InChI is InChI=1S/C20H20BrN3O2S/c1-3-26-16-10-9-13(11-15(16)21)18-17(12(2)22-20(27)24-18)19(25)23-14-7-5-4-6-8-14/h4-11,18H,3H2,1-2H3,(H,23,25)(H2,22,24,27)/t18-/m1/s1. The Kier molecular flexibility index (Phi) is 6.13. The number of amides is 1. The molecule has 0 saturated carbocycles. The Bertz CT molecular complexity index is 899. The smallest absolute Gasteiger partial charge is 0.255 e. The Morgan fingerprint density at radius 1 is 1.26 bits per heavy atom. The molecule has 140 valence electrons. The number of ether oxygens (including phenoxy) is 1. The normalized spacial score (nSPS) is 16.4. The Balaban J connectivity index is 1.94. The molecule has 0 bridgehead atoms. The van der Waals surface area contributed by atoms with Crippen molar-refractivity contribution in [2.24, 2.45) is 0 Å². The number of carbonyl (C=O) groups is 1. The maximum atomic E-state index is 13.0. The van der Waals surface area contributed by atoms with E-state index in [1.54, 1.807) is 0 Å². The van der Waals surface area contributed by atoms with Gasteiger partial charge in [0, 0.05) is 11.4 Å². The van der Waals surface area contributed by atoms with E-state index in [2.05, 4.69) is 31.9 Å². The summed E-state index contributed by atoms with van der Waals surface area (Å²) in [4.78, 5) is 13.0. The van der Waals surface area contributed by atoms with E-state index in [-0.39, 0.29) is 11.9 Å². The SMILES string of the molecule is CCOc1ccc([C@H]2NC(=S)NC(C)=C2C(=O)Nc2ccccc2)cc1Br. The average Bonchev–Trinajstić information content (AvgIpc) is 2.63. The summed E-state index contributed by atoms with van der Waals surface area (Å²) in [5, 5.41) is 9.67. The number of thiocarbonyl (C=S) groups is 1. The van der Waals surface area contributed by atoms with E-state index < -0.39 is 0 Å². The minimum absolute atomic E-state index is 0.184. The van der Waals surface area contributed by atoms with Crippen molar-refractivity contribution in [3.8, 4) is 5.75 Å². The van der Waals surface area contributed by atoms with Gasteiger partial charge in [0.05, 0.1) is 22.7 Å². The van der Waals surface area contributed by atoms with E-state index in [0.29, 0.717) is 17.3 Å². The second-order valence-corrected chi connectivity index (χ2v) is 7.28. The quantitative estimate of drug-likeness (QED) is 0.599. The number of allylic oxidation sites excluding steroid dienone is 1. The van der Waals surface area contributed by atoms with Gasteiger partial charge in [-0.2, -0.15) is 0 Å². The average molecular weight is 446 g/mol. The summed E-state index contributed by atoms with van der Waals surface area (Å²) >= 11 is 8.84. The maximum Gasteiger partial charge on any atom is 0.255 e. The van der Waals surface area contributed by atoms with Crippen LogP contribution >= 0.6 is 28.1 Å². The van der Waals surface area contributed by atoms with Gasteiger partial charge in [0.25, 0.3) is 5.91 Å². The van der Waals surface area contributed by atoms with Gasteiger partial charge in [0.1, 0.15) is 5.75 Å². The van der Waals surface area contributed by atoms with Crippen LogP contribution in [0.4, 0.5) is 5.69 Å². The highest BCUT2D eigenvalue weighted by Gasteiger charge is 2.30. The van der Waals surface area contributed by atoms with Gasteiger partial charge < -0.3 is 20.7 Å². The molecule has 3 rings (SSSR count). The van der Waals surface area contributed by atoms with Crippen LogP contribution in [0.5, 0.6) is 5.75 Å². The number of hydrogen-bond acceptors (Lipinski definition) is 3. The van der Waals surface area contributed by atoms with Crippen LogP contribution in [-0.4, -0.2) is 17.6 Å². The highest BCUT2D eigenvalue weighted by atomic mass is 79.9. The zero-order valence-corrected chi connectivity index (χ0v) is 17.4. The minimum Gasteiger partial charge on any atom is -0.493 e. The van der Waals surface area contributed by atoms with E-state index in [0.717, 1.165) is 27.2 Å². The van der Waals surface area contributed by atoms with Gasteiger partial charge in [0.2, 0.25) is 0 Å². The lowest BCUT2D eigenvalue weighted by molar-refractivity contribution is -0.113. The molecule has 1 aliphatic rings. The number of carbonyl (C=O) groups excluding carboxylic acids is 1. The van der Waals surface area contributed by atoms with Gasteiger partial charge in [-0.3, -0.25) is 4.79 Å². The topological polar surface area (TPSA) is 62.4 Å². The first-order chi connectivity index (χ1) is 13.0. The molecule has 5 nitrogen and oxygen atoms in total. The molecule has 2 aromatic rings. The molecule has 1 heterocycles. The van der Waals surface area contributed by atoms with E-state index in [4.69, 9.17) is 17.0 Å². The third-order valence-electron chi connectivity index (χ3n) is 4.13. The Morgan fingerprint density at radius 3 is 2.67 bits per heavy atom. The van der Waals surface area contributed by atoms with E-state index in [1.165, 1.54) is 0 Å². The molecule has 7 heteroatoms. The minimum atomic E-state index is -0.366. The molecule has 0 fully saturated rings. The van der Waals surface area contributed by atoms with Gasteiger partial charge in [-0.25, -0.2) is 0 Å². The van der Waals surface area contributed by atoms with Crippen LogP contribution in [0.2, 0.25) is 0 Å². The van der Waals surface area contributed by atoms with Crippen molar-refractivity contribution in [3.63, 3.8) is 0 Å². The second-order valence-electron chi connectivity index (χ2n) is 6.01. The molecular weight excluding hydrogens is 426 g/mol. The number of hydrogen-bond donors (Lipinski definition) is 3. The van der Waals surface area contributed by atoms with Gasteiger partial charge in [-0.15, -0.1) is 0 Å². The van der Waals surface area contributed by atoms with Crippen LogP contribution < -0.4 is 20.7 Å². The third kappa shape index (κ3) is 4.48. The van der Waals surface area contributed by atoms with Crippen LogP contribution in [0.3, 0.4) is 0 Å². The Morgan fingerprint density at radius 2 is 2.00 bits per heavy atom. The molecule has 0 saturated heterocycles. The first kappa shape index (κ1) is 19.4. The van der Waals surface area contributed by atoms with Gasteiger partial charge in [0.15, 0.2) is 5.11 Å². The van der Waals surface area contributed by atoms with Crippen LogP contribution in [0.15, 0.2) is 64.3 Å². The highest BCUT2D eigenvalue weighted by Crippen LogP contribution is 2.33. The molecule has 0 aromatic heterocycles.